The molecule has 0 rings (SSSR count). The predicted octanol–water partition coefficient (Wildman–Crippen LogP) is 2.69. The minimum absolute atomic E-state index is 0.0713. The van der Waals surface area contributed by atoms with E-state index in [0.717, 1.165) is 19.3 Å². The largest absolute Gasteiger partial charge is 0.466 e. The van der Waals surface area contributed by atoms with Crippen LogP contribution in [0.1, 0.15) is 39.5 Å². The van der Waals surface area contributed by atoms with Crippen LogP contribution in [0.25, 0.3) is 0 Å². The summed E-state index contributed by atoms with van der Waals surface area (Å²) in [7, 11) is 0. The maximum absolute atomic E-state index is 10.8. The Kier molecular flexibility index (Phi) is 7.76. The van der Waals surface area contributed by atoms with Crippen LogP contribution in [0, 0.1) is 0 Å². The average molecular weight is 170 g/mol. The summed E-state index contributed by atoms with van der Waals surface area (Å²) in [6.45, 7) is 4.52. The molecule has 0 aliphatic heterocycles. The summed E-state index contributed by atoms with van der Waals surface area (Å²) in [5.74, 6) is -0.0713. The Morgan fingerprint density at radius 2 is 2.25 bits per heavy atom. The first kappa shape index (κ1) is 11.2. The van der Waals surface area contributed by atoms with E-state index in [2.05, 4.69) is 6.08 Å². The fourth-order valence-electron chi connectivity index (χ4n) is 0.830. The molecule has 2 heteroatoms. The highest BCUT2D eigenvalue weighted by Gasteiger charge is 1.98. The summed E-state index contributed by atoms with van der Waals surface area (Å²) >= 11 is 0. The van der Waals surface area contributed by atoms with Gasteiger partial charge in [-0.25, -0.2) is 0 Å². The van der Waals surface area contributed by atoms with E-state index in [1.807, 2.05) is 19.9 Å². The van der Waals surface area contributed by atoms with Gasteiger partial charge in [0.25, 0.3) is 0 Å². The van der Waals surface area contributed by atoms with Gasteiger partial charge in [0.1, 0.15) is 0 Å². The van der Waals surface area contributed by atoms with E-state index in [1.165, 1.54) is 0 Å². The lowest BCUT2D eigenvalue weighted by Gasteiger charge is -2.01. The van der Waals surface area contributed by atoms with Gasteiger partial charge in [0.15, 0.2) is 0 Å². The third kappa shape index (κ3) is 7.32. The fraction of sp³-hybridized carbons (Fsp3) is 0.700. The van der Waals surface area contributed by atoms with Crippen LogP contribution in [-0.2, 0) is 9.53 Å². The van der Waals surface area contributed by atoms with Crippen molar-refractivity contribution in [3.63, 3.8) is 0 Å². The molecule has 12 heavy (non-hydrogen) atoms. The number of carbonyl (C=O) groups excluding carboxylic acids is 1. The molecule has 0 unspecified atom stereocenters. The third-order valence-electron chi connectivity index (χ3n) is 1.47. The Morgan fingerprint density at radius 3 is 2.83 bits per heavy atom. The van der Waals surface area contributed by atoms with Gasteiger partial charge in [-0.3, -0.25) is 4.79 Å². The Morgan fingerprint density at radius 1 is 1.50 bits per heavy atom. The zero-order chi connectivity index (χ0) is 9.23. The molecule has 2 nitrogen and oxygen atoms in total. The van der Waals surface area contributed by atoms with Gasteiger partial charge in [-0.2, -0.15) is 0 Å². The molecule has 0 amide bonds. The highest BCUT2D eigenvalue weighted by molar-refractivity contribution is 5.69. The predicted molar refractivity (Wildman–Crippen MR) is 49.9 cm³/mol. The Hall–Kier alpha value is -0.790. The topological polar surface area (TPSA) is 26.3 Å². The number of carbonyl (C=O) groups is 1. The number of ether oxygens (including phenoxy) is 1. The van der Waals surface area contributed by atoms with Crippen LogP contribution in [-0.4, -0.2) is 12.6 Å². The highest BCUT2D eigenvalue weighted by atomic mass is 16.5. The molecule has 0 aromatic rings. The molecule has 0 N–H and O–H groups in total. The molecule has 0 fully saturated rings. The molecule has 0 radical (unpaired) electrons. The standard InChI is InChI=1S/C10H18O2/c1-3-5-6-7-9-12-10(11)8-4-2/h3,5H,4,6-9H2,1-2H3/b5-3-. The number of hydrogen-bond donors (Lipinski definition) is 0. The van der Waals surface area contributed by atoms with Crippen LogP contribution in [0.2, 0.25) is 0 Å². The minimum Gasteiger partial charge on any atom is -0.466 e. The summed E-state index contributed by atoms with van der Waals surface area (Å²) in [5.41, 5.74) is 0. The third-order valence-corrected chi connectivity index (χ3v) is 1.47. The molecule has 0 aromatic carbocycles. The quantitative estimate of drug-likeness (QED) is 0.348. The van der Waals surface area contributed by atoms with Crippen LogP contribution >= 0.6 is 0 Å². The zero-order valence-corrected chi connectivity index (χ0v) is 8.01. The number of rotatable bonds is 6. The smallest absolute Gasteiger partial charge is 0.305 e. The number of esters is 1. The van der Waals surface area contributed by atoms with E-state index in [0.29, 0.717) is 13.0 Å². The van der Waals surface area contributed by atoms with Crippen molar-refractivity contribution in [1.82, 2.24) is 0 Å². The van der Waals surface area contributed by atoms with Gasteiger partial charge in [-0.15, -0.1) is 0 Å². The molecule has 0 aromatic heterocycles. The fourth-order valence-corrected chi connectivity index (χ4v) is 0.830. The summed E-state index contributed by atoms with van der Waals surface area (Å²) in [6.07, 6.45) is 7.43. The summed E-state index contributed by atoms with van der Waals surface area (Å²) < 4.78 is 4.96. The normalized spacial score (nSPS) is 10.5. The summed E-state index contributed by atoms with van der Waals surface area (Å²) in [6, 6.07) is 0. The first-order chi connectivity index (χ1) is 5.81. The molecular weight excluding hydrogens is 152 g/mol. The number of allylic oxidation sites excluding steroid dienone is 2. The van der Waals surface area contributed by atoms with Crippen molar-refractivity contribution < 1.29 is 9.53 Å². The Bertz CT molecular complexity index is 139. The van der Waals surface area contributed by atoms with Crippen LogP contribution in [0.5, 0.6) is 0 Å². The lowest BCUT2D eigenvalue weighted by Crippen LogP contribution is -2.04. The van der Waals surface area contributed by atoms with Crippen molar-refractivity contribution in [2.75, 3.05) is 6.61 Å². The van der Waals surface area contributed by atoms with Crippen molar-refractivity contribution in [1.29, 1.82) is 0 Å². The molecule has 0 heterocycles. The lowest BCUT2D eigenvalue weighted by atomic mass is 10.3. The molecular formula is C10H18O2. The van der Waals surface area contributed by atoms with Crippen molar-refractivity contribution >= 4 is 5.97 Å². The van der Waals surface area contributed by atoms with Crippen LogP contribution in [0.4, 0.5) is 0 Å². The van der Waals surface area contributed by atoms with E-state index in [-0.39, 0.29) is 5.97 Å². The van der Waals surface area contributed by atoms with Crippen LogP contribution in [0.3, 0.4) is 0 Å². The van der Waals surface area contributed by atoms with Crippen LogP contribution < -0.4 is 0 Å². The Balaban J connectivity index is 3.13. The van der Waals surface area contributed by atoms with Crippen molar-refractivity contribution in [3.8, 4) is 0 Å². The van der Waals surface area contributed by atoms with E-state index in [1.54, 1.807) is 0 Å². The second-order valence-corrected chi connectivity index (χ2v) is 2.68. The average Bonchev–Trinajstić information content (AvgIpc) is 2.05. The maximum Gasteiger partial charge on any atom is 0.305 e. The highest BCUT2D eigenvalue weighted by Crippen LogP contribution is 1.95. The van der Waals surface area contributed by atoms with Gasteiger partial charge in [-0.1, -0.05) is 19.1 Å². The van der Waals surface area contributed by atoms with Gasteiger partial charge in [0.05, 0.1) is 6.61 Å². The van der Waals surface area contributed by atoms with E-state index < -0.39 is 0 Å². The SMILES string of the molecule is C/C=C\CCCOC(=O)CCC. The van der Waals surface area contributed by atoms with E-state index in [9.17, 15) is 4.79 Å². The van der Waals surface area contributed by atoms with E-state index in [4.69, 9.17) is 4.74 Å². The van der Waals surface area contributed by atoms with Crippen molar-refractivity contribution in [3.05, 3.63) is 12.2 Å². The van der Waals surface area contributed by atoms with Crippen molar-refractivity contribution in [2.24, 2.45) is 0 Å². The first-order valence-corrected chi connectivity index (χ1v) is 4.58. The molecule has 0 saturated heterocycles. The molecule has 0 aliphatic carbocycles. The van der Waals surface area contributed by atoms with Gasteiger partial charge >= 0.3 is 5.97 Å². The van der Waals surface area contributed by atoms with Crippen LogP contribution in [0.15, 0.2) is 12.2 Å². The van der Waals surface area contributed by atoms with Gasteiger partial charge < -0.3 is 4.74 Å². The zero-order valence-electron chi connectivity index (χ0n) is 8.01. The molecule has 0 spiro atoms. The van der Waals surface area contributed by atoms with E-state index >= 15 is 0 Å². The molecule has 0 atom stereocenters. The maximum atomic E-state index is 10.8. The van der Waals surface area contributed by atoms with Gasteiger partial charge in [-0.05, 0) is 26.2 Å². The number of unbranched alkanes of at least 4 members (excludes halogenated alkanes) is 1. The molecule has 0 aliphatic rings. The minimum atomic E-state index is -0.0713. The number of hydrogen-bond acceptors (Lipinski definition) is 2. The lowest BCUT2D eigenvalue weighted by molar-refractivity contribution is -0.143. The second kappa shape index (κ2) is 8.31. The monoisotopic (exact) mass is 170 g/mol. The molecule has 0 saturated carbocycles. The second-order valence-electron chi connectivity index (χ2n) is 2.68. The summed E-state index contributed by atoms with van der Waals surface area (Å²) in [5, 5.41) is 0. The Labute approximate surface area is 74.6 Å². The van der Waals surface area contributed by atoms with Gasteiger partial charge in [0, 0.05) is 6.42 Å². The molecule has 70 valence electrons. The summed E-state index contributed by atoms with van der Waals surface area (Å²) in [4.78, 5) is 10.8. The van der Waals surface area contributed by atoms with Crippen molar-refractivity contribution in [2.45, 2.75) is 39.5 Å². The molecule has 0 bridgehead atoms. The van der Waals surface area contributed by atoms with Gasteiger partial charge in [0.2, 0.25) is 0 Å². The first-order valence-electron chi connectivity index (χ1n) is 4.58.